The van der Waals surface area contributed by atoms with Crippen molar-refractivity contribution < 1.29 is 17.9 Å². The molecule has 0 bridgehead atoms. The SMILES string of the molecule is CCCNC(COC)CS(=O)(=O)CC1CCCO1. The molecule has 0 aliphatic carbocycles. The molecule has 1 N–H and O–H groups in total. The first-order valence-electron chi connectivity index (χ1n) is 6.61. The van der Waals surface area contributed by atoms with Gasteiger partial charge in [-0.15, -0.1) is 0 Å². The third-order valence-corrected chi connectivity index (χ3v) is 4.76. The molecule has 18 heavy (non-hydrogen) atoms. The summed E-state index contributed by atoms with van der Waals surface area (Å²) < 4.78 is 34.6. The van der Waals surface area contributed by atoms with E-state index in [1.807, 2.05) is 0 Å². The van der Waals surface area contributed by atoms with Gasteiger partial charge < -0.3 is 14.8 Å². The molecule has 1 fully saturated rings. The lowest BCUT2D eigenvalue weighted by Gasteiger charge is -2.18. The normalized spacial score (nSPS) is 22.2. The summed E-state index contributed by atoms with van der Waals surface area (Å²) >= 11 is 0. The molecule has 1 aliphatic heterocycles. The maximum absolute atomic E-state index is 12.1. The van der Waals surface area contributed by atoms with Crippen molar-refractivity contribution >= 4 is 9.84 Å². The number of hydrogen-bond donors (Lipinski definition) is 1. The van der Waals surface area contributed by atoms with Crippen molar-refractivity contribution in [3.8, 4) is 0 Å². The van der Waals surface area contributed by atoms with Gasteiger partial charge in [0.1, 0.15) is 0 Å². The Kier molecular flexibility index (Phi) is 7.14. The zero-order valence-electron chi connectivity index (χ0n) is 11.4. The fourth-order valence-electron chi connectivity index (χ4n) is 2.15. The number of hydrogen-bond acceptors (Lipinski definition) is 5. The van der Waals surface area contributed by atoms with Crippen LogP contribution in [0.15, 0.2) is 0 Å². The smallest absolute Gasteiger partial charge is 0.154 e. The van der Waals surface area contributed by atoms with Gasteiger partial charge in [-0.3, -0.25) is 0 Å². The van der Waals surface area contributed by atoms with Crippen molar-refractivity contribution in [3.05, 3.63) is 0 Å². The molecule has 2 atom stereocenters. The van der Waals surface area contributed by atoms with Gasteiger partial charge >= 0.3 is 0 Å². The minimum Gasteiger partial charge on any atom is -0.383 e. The van der Waals surface area contributed by atoms with Crippen LogP contribution in [-0.4, -0.2) is 58.9 Å². The first-order chi connectivity index (χ1) is 8.57. The highest BCUT2D eigenvalue weighted by molar-refractivity contribution is 7.91. The summed E-state index contributed by atoms with van der Waals surface area (Å²) in [6.07, 6.45) is 2.70. The Morgan fingerprint density at radius 3 is 2.83 bits per heavy atom. The summed E-state index contributed by atoms with van der Waals surface area (Å²) in [5.41, 5.74) is 0. The van der Waals surface area contributed by atoms with E-state index in [1.54, 1.807) is 7.11 Å². The Hall–Kier alpha value is -0.170. The molecule has 6 heteroatoms. The molecule has 1 aliphatic rings. The van der Waals surface area contributed by atoms with Gasteiger partial charge in [-0.2, -0.15) is 0 Å². The summed E-state index contributed by atoms with van der Waals surface area (Å²) in [5.74, 6) is 0.266. The molecule has 0 saturated carbocycles. The van der Waals surface area contributed by atoms with Crippen molar-refractivity contribution in [1.29, 1.82) is 0 Å². The van der Waals surface area contributed by atoms with Crippen LogP contribution in [0.4, 0.5) is 0 Å². The van der Waals surface area contributed by atoms with E-state index in [2.05, 4.69) is 12.2 Å². The zero-order chi connectivity index (χ0) is 13.4. The van der Waals surface area contributed by atoms with E-state index in [0.29, 0.717) is 13.2 Å². The summed E-state index contributed by atoms with van der Waals surface area (Å²) in [6.45, 7) is 3.97. The van der Waals surface area contributed by atoms with Crippen LogP contribution in [-0.2, 0) is 19.3 Å². The lowest BCUT2D eigenvalue weighted by atomic mass is 10.3. The number of rotatable bonds is 9. The molecule has 2 unspecified atom stereocenters. The molecule has 1 saturated heterocycles. The summed E-state index contributed by atoms with van der Waals surface area (Å²) in [7, 11) is -1.49. The first-order valence-corrected chi connectivity index (χ1v) is 8.44. The molecule has 0 aromatic carbocycles. The van der Waals surface area contributed by atoms with Crippen LogP contribution in [0.1, 0.15) is 26.2 Å². The molecular weight excluding hydrogens is 254 g/mol. The topological polar surface area (TPSA) is 64.6 Å². The van der Waals surface area contributed by atoms with Crippen molar-refractivity contribution in [2.24, 2.45) is 0 Å². The standard InChI is InChI=1S/C12H25NO4S/c1-3-6-13-11(8-16-2)9-18(14,15)10-12-5-4-7-17-12/h11-13H,3-10H2,1-2H3. The van der Waals surface area contributed by atoms with E-state index in [4.69, 9.17) is 9.47 Å². The van der Waals surface area contributed by atoms with E-state index >= 15 is 0 Å². The molecule has 0 aromatic heterocycles. The van der Waals surface area contributed by atoms with Gasteiger partial charge in [0.05, 0.1) is 24.2 Å². The van der Waals surface area contributed by atoms with Gasteiger partial charge in [0.2, 0.25) is 0 Å². The lowest BCUT2D eigenvalue weighted by Crippen LogP contribution is -2.41. The summed E-state index contributed by atoms with van der Waals surface area (Å²) in [4.78, 5) is 0. The van der Waals surface area contributed by atoms with Gasteiger partial charge in [-0.25, -0.2) is 8.42 Å². The fraction of sp³-hybridized carbons (Fsp3) is 1.00. The van der Waals surface area contributed by atoms with Crippen LogP contribution in [0.5, 0.6) is 0 Å². The molecule has 5 nitrogen and oxygen atoms in total. The quantitative estimate of drug-likeness (QED) is 0.669. The summed E-state index contributed by atoms with van der Waals surface area (Å²) in [6, 6.07) is -0.124. The van der Waals surface area contributed by atoms with Gasteiger partial charge in [0.25, 0.3) is 0 Å². The Morgan fingerprint density at radius 2 is 2.28 bits per heavy atom. The monoisotopic (exact) mass is 279 g/mol. The van der Waals surface area contributed by atoms with Crippen LogP contribution in [0.3, 0.4) is 0 Å². The Balaban J connectivity index is 2.43. The van der Waals surface area contributed by atoms with Crippen molar-refractivity contribution in [2.75, 3.05) is 38.4 Å². The molecular formula is C12H25NO4S. The Labute approximate surface area is 110 Å². The number of methoxy groups -OCH3 is 1. The van der Waals surface area contributed by atoms with Crippen LogP contribution in [0.25, 0.3) is 0 Å². The largest absolute Gasteiger partial charge is 0.383 e. The highest BCUT2D eigenvalue weighted by atomic mass is 32.2. The van der Waals surface area contributed by atoms with Crippen LogP contribution in [0, 0.1) is 0 Å². The van der Waals surface area contributed by atoms with Gasteiger partial charge in [-0.05, 0) is 25.8 Å². The minimum absolute atomic E-state index is 0.107. The lowest BCUT2D eigenvalue weighted by molar-refractivity contribution is 0.127. The molecule has 1 rings (SSSR count). The van der Waals surface area contributed by atoms with E-state index in [-0.39, 0.29) is 23.7 Å². The maximum Gasteiger partial charge on any atom is 0.154 e. The van der Waals surface area contributed by atoms with Crippen LogP contribution >= 0.6 is 0 Å². The second-order valence-electron chi connectivity index (χ2n) is 4.82. The number of sulfone groups is 1. The zero-order valence-corrected chi connectivity index (χ0v) is 12.2. The van der Waals surface area contributed by atoms with Gasteiger partial charge in [-0.1, -0.05) is 6.92 Å². The predicted octanol–water partition coefficient (Wildman–Crippen LogP) is 0.595. The van der Waals surface area contributed by atoms with E-state index < -0.39 is 9.84 Å². The molecule has 0 aromatic rings. The Morgan fingerprint density at radius 1 is 1.50 bits per heavy atom. The fourth-order valence-corrected chi connectivity index (χ4v) is 3.94. The van der Waals surface area contributed by atoms with Crippen molar-refractivity contribution in [3.63, 3.8) is 0 Å². The molecule has 0 radical (unpaired) electrons. The number of nitrogens with one attached hydrogen (secondary N) is 1. The highest BCUT2D eigenvalue weighted by Crippen LogP contribution is 2.14. The number of ether oxygens (including phenoxy) is 2. The van der Waals surface area contributed by atoms with Crippen molar-refractivity contribution in [2.45, 2.75) is 38.3 Å². The second kappa shape index (κ2) is 8.09. The predicted molar refractivity (Wildman–Crippen MR) is 71.6 cm³/mol. The van der Waals surface area contributed by atoms with E-state index in [1.165, 1.54) is 0 Å². The van der Waals surface area contributed by atoms with Crippen molar-refractivity contribution in [1.82, 2.24) is 5.32 Å². The Bertz CT molecular complexity index is 312. The van der Waals surface area contributed by atoms with Gasteiger partial charge in [0, 0.05) is 19.8 Å². The third kappa shape index (κ3) is 6.13. The molecule has 1 heterocycles. The van der Waals surface area contributed by atoms with Crippen LogP contribution in [0.2, 0.25) is 0 Å². The van der Waals surface area contributed by atoms with E-state index in [0.717, 1.165) is 25.8 Å². The average molecular weight is 279 g/mol. The van der Waals surface area contributed by atoms with Crippen LogP contribution < -0.4 is 5.32 Å². The first kappa shape index (κ1) is 15.9. The van der Waals surface area contributed by atoms with Gasteiger partial charge in [0.15, 0.2) is 9.84 Å². The third-order valence-electron chi connectivity index (χ3n) is 2.97. The molecule has 108 valence electrons. The second-order valence-corrected chi connectivity index (χ2v) is 6.97. The van der Waals surface area contributed by atoms with E-state index in [9.17, 15) is 8.42 Å². The summed E-state index contributed by atoms with van der Waals surface area (Å²) in [5, 5.41) is 3.21. The minimum atomic E-state index is -3.08. The molecule has 0 amide bonds. The highest BCUT2D eigenvalue weighted by Gasteiger charge is 2.25. The maximum atomic E-state index is 12.1. The average Bonchev–Trinajstić information content (AvgIpc) is 2.77. The molecule has 0 spiro atoms.